The van der Waals surface area contributed by atoms with Gasteiger partial charge in [-0.3, -0.25) is 9.59 Å². The van der Waals surface area contributed by atoms with Gasteiger partial charge in [0.2, 0.25) is 5.91 Å². The molecule has 0 bridgehead atoms. The number of nitrogens with one attached hydrogen (secondary N) is 1. The van der Waals surface area contributed by atoms with E-state index in [-0.39, 0.29) is 12.5 Å². The molecule has 1 fully saturated rings. The molecule has 3 rings (SSSR count). The highest BCUT2D eigenvalue weighted by atomic mass is 16.3. The Morgan fingerprint density at radius 1 is 1.36 bits per heavy atom. The van der Waals surface area contributed by atoms with Gasteiger partial charge in [-0.05, 0) is 37.5 Å². The SMILES string of the molecule is C[C@@H](/C=C/CCO)[C@]1(O)C(=O)Nc2ccc(N3CCCCC3=O)cc21. The van der Waals surface area contributed by atoms with Crippen LogP contribution in [0.5, 0.6) is 0 Å². The standard InChI is InChI=1S/C19H24N2O4/c1-13(6-3-5-11-22)19(25)15-12-14(8-9-16(15)20-18(19)24)21-10-4-2-7-17(21)23/h3,6,8-9,12-13,22,25H,2,4-5,7,10-11H2,1H3,(H,20,24)/b6-3+/t13-,19+/m0/s1. The van der Waals surface area contributed by atoms with E-state index in [2.05, 4.69) is 5.32 Å². The van der Waals surface area contributed by atoms with Crippen molar-refractivity contribution < 1.29 is 19.8 Å². The first kappa shape index (κ1) is 17.6. The van der Waals surface area contributed by atoms with E-state index in [1.807, 2.05) is 0 Å². The summed E-state index contributed by atoms with van der Waals surface area (Å²) in [6.45, 7) is 2.44. The molecule has 0 radical (unpaired) electrons. The summed E-state index contributed by atoms with van der Waals surface area (Å²) in [5.41, 5.74) is 0.0957. The van der Waals surface area contributed by atoms with Crippen LogP contribution in [0, 0.1) is 5.92 Å². The summed E-state index contributed by atoms with van der Waals surface area (Å²) in [5.74, 6) is -0.860. The van der Waals surface area contributed by atoms with Crippen LogP contribution < -0.4 is 10.2 Å². The summed E-state index contributed by atoms with van der Waals surface area (Å²) in [6.07, 6.45) is 6.34. The second-order valence-corrected chi connectivity index (χ2v) is 6.68. The average Bonchev–Trinajstić information content (AvgIpc) is 2.87. The molecule has 2 heterocycles. The van der Waals surface area contributed by atoms with Crippen molar-refractivity contribution in [1.29, 1.82) is 0 Å². The van der Waals surface area contributed by atoms with Gasteiger partial charge in [-0.1, -0.05) is 19.1 Å². The predicted octanol–water partition coefficient (Wildman–Crippen LogP) is 1.92. The molecule has 3 N–H and O–H groups in total. The number of amides is 2. The summed E-state index contributed by atoms with van der Waals surface area (Å²) in [7, 11) is 0. The fourth-order valence-electron chi connectivity index (χ4n) is 3.51. The van der Waals surface area contributed by atoms with Gasteiger partial charge in [-0.15, -0.1) is 0 Å². The minimum Gasteiger partial charge on any atom is -0.396 e. The maximum Gasteiger partial charge on any atom is 0.261 e. The van der Waals surface area contributed by atoms with E-state index in [0.29, 0.717) is 36.3 Å². The van der Waals surface area contributed by atoms with Crippen molar-refractivity contribution in [3.8, 4) is 0 Å². The largest absolute Gasteiger partial charge is 0.396 e. The number of anilines is 2. The van der Waals surface area contributed by atoms with Crippen LogP contribution >= 0.6 is 0 Å². The van der Waals surface area contributed by atoms with Gasteiger partial charge < -0.3 is 20.4 Å². The van der Waals surface area contributed by atoms with E-state index in [1.165, 1.54) is 0 Å². The summed E-state index contributed by atoms with van der Waals surface area (Å²) in [5, 5.41) is 22.8. The van der Waals surface area contributed by atoms with Crippen LogP contribution in [0.25, 0.3) is 0 Å². The summed E-state index contributed by atoms with van der Waals surface area (Å²) >= 11 is 0. The molecule has 2 aliphatic heterocycles. The number of aliphatic hydroxyl groups is 2. The Labute approximate surface area is 147 Å². The van der Waals surface area contributed by atoms with E-state index >= 15 is 0 Å². The third-order valence-electron chi connectivity index (χ3n) is 5.02. The Bertz CT molecular complexity index is 715. The fraction of sp³-hybridized carbons (Fsp3) is 0.474. The molecule has 2 amide bonds. The highest BCUT2D eigenvalue weighted by Gasteiger charge is 2.48. The number of hydrogen-bond donors (Lipinski definition) is 3. The zero-order valence-corrected chi connectivity index (χ0v) is 14.4. The first-order chi connectivity index (χ1) is 12.0. The van der Waals surface area contributed by atoms with Gasteiger partial charge >= 0.3 is 0 Å². The summed E-state index contributed by atoms with van der Waals surface area (Å²) in [6, 6.07) is 5.29. The molecule has 0 aliphatic carbocycles. The molecular formula is C19H24N2O4. The minimum absolute atomic E-state index is 0.0195. The van der Waals surface area contributed by atoms with Gasteiger partial charge in [0.1, 0.15) is 0 Å². The second kappa shape index (κ2) is 6.98. The van der Waals surface area contributed by atoms with Crippen molar-refractivity contribution in [3.63, 3.8) is 0 Å². The van der Waals surface area contributed by atoms with Gasteiger partial charge in [-0.2, -0.15) is 0 Å². The zero-order valence-electron chi connectivity index (χ0n) is 14.4. The number of rotatable bonds is 5. The Balaban J connectivity index is 1.96. The third-order valence-corrected chi connectivity index (χ3v) is 5.02. The van der Waals surface area contributed by atoms with Crippen LogP contribution in [0.1, 0.15) is 38.2 Å². The average molecular weight is 344 g/mol. The lowest BCUT2D eigenvalue weighted by Crippen LogP contribution is -2.40. The lowest BCUT2D eigenvalue weighted by Gasteiger charge is -2.29. The van der Waals surface area contributed by atoms with E-state index in [0.717, 1.165) is 12.8 Å². The predicted molar refractivity (Wildman–Crippen MR) is 95.2 cm³/mol. The molecule has 1 aromatic carbocycles. The monoisotopic (exact) mass is 344 g/mol. The molecule has 25 heavy (non-hydrogen) atoms. The molecule has 2 atom stereocenters. The quantitative estimate of drug-likeness (QED) is 0.712. The van der Waals surface area contributed by atoms with Gasteiger partial charge in [0.15, 0.2) is 5.60 Å². The zero-order chi connectivity index (χ0) is 18.0. The lowest BCUT2D eigenvalue weighted by atomic mass is 9.82. The Hall–Kier alpha value is -2.18. The van der Waals surface area contributed by atoms with Gasteiger partial charge in [-0.25, -0.2) is 0 Å². The smallest absolute Gasteiger partial charge is 0.261 e. The number of aliphatic hydroxyl groups excluding tert-OH is 1. The Morgan fingerprint density at radius 3 is 2.88 bits per heavy atom. The number of carbonyl (C=O) groups excluding carboxylic acids is 2. The molecule has 0 unspecified atom stereocenters. The van der Waals surface area contributed by atoms with Gasteiger partial charge in [0.25, 0.3) is 5.91 Å². The Morgan fingerprint density at radius 2 is 2.16 bits per heavy atom. The molecule has 0 spiro atoms. The lowest BCUT2D eigenvalue weighted by molar-refractivity contribution is -0.137. The van der Waals surface area contributed by atoms with Crippen molar-refractivity contribution in [2.75, 3.05) is 23.4 Å². The molecule has 6 heteroatoms. The van der Waals surface area contributed by atoms with Crippen LogP contribution in [-0.2, 0) is 15.2 Å². The van der Waals surface area contributed by atoms with Crippen LogP contribution in [0.15, 0.2) is 30.4 Å². The highest BCUT2D eigenvalue weighted by Crippen LogP contribution is 2.43. The molecule has 0 saturated carbocycles. The van der Waals surface area contributed by atoms with Crippen molar-refractivity contribution in [2.45, 2.75) is 38.2 Å². The van der Waals surface area contributed by atoms with E-state index in [1.54, 1.807) is 42.2 Å². The van der Waals surface area contributed by atoms with Crippen molar-refractivity contribution in [2.24, 2.45) is 5.92 Å². The fourth-order valence-corrected chi connectivity index (χ4v) is 3.51. The van der Waals surface area contributed by atoms with Crippen molar-refractivity contribution in [3.05, 3.63) is 35.9 Å². The van der Waals surface area contributed by atoms with Crippen molar-refractivity contribution in [1.82, 2.24) is 0 Å². The molecule has 6 nitrogen and oxygen atoms in total. The molecule has 0 aromatic heterocycles. The summed E-state index contributed by atoms with van der Waals surface area (Å²) < 4.78 is 0. The van der Waals surface area contributed by atoms with E-state index in [4.69, 9.17) is 5.11 Å². The topological polar surface area (TPSA) is 89.9 Å². The normalized spacial score (nSPS) is 24.5. The van der Waals surface area contributed by atoms with Crippen molar-refractivity contribution >= 4 is 23.2 Å². The molecule has 1 saturated heterocycles. The number of fused-ring (bicyclic) bond motifs is 1. The van der Waals surface area contributed by atoms with Gasteiger partial charge in [0.05, 0.1) is 0 Å². The molecular weight excluding hydrogens is 320 g/mol. The number of nitrogens with zero attached hydrogens (tertiary/aromatic N) is 1. The van der Waals surface area contributed by atoms with Crippen LogP contribution in [0.2, 0.25) is 0 Å². The minimum atomic E-state index is -1.68. The number of piperidine rings is 1. The molecule has 1 aromatic rings. The maximum atomic E-state index is 12.5. The maximum absolute atomic E-state index is 12.5. The summed E-state index contributed by atoms with van der Waals surface area (Å²) in [4.78, 5) is 26.4. The van der Waals surface area contributed by atoms with E-state index < -0.39 is 17.4 Å². The Kier molecular flexibility index (Phi) is 4.92. The molecule has 2 aliphatic rings. The first-order valence-electron chi connectivity index (χ1n) is 8.74. The number of benzene rings is 1. The third kappa shape index (κ3) is 3.07. The van der Waals surface area contributed by atoms with Crippen LogP contribution in [0.3, 0.4) is 0 Å². The van der Waals surface area contributed by atoms with Crippen LogP contribution in [-0.4, -0.2) is 35.2 Å². The van der Waals surface area contributed by atoms with Gasteiger partial charge in [0, 0.05) is 42.4 Å². The number of carbonyl (C=O) groups is 2. The number of hydrogen-bond acceptors (Lipinski definition) is 4. The van der Waals surface area contributed by atoms with Crippen LogP contribution in [0.4, 0.5) is 11.4 Å². The van der Waals surface area contributed by atoms with E-state index in [9.17, 15) is 14.7 Å². The first-order valence-corrected chi connectivity index (χ1v) is 8.74. The second-order valence-electron chi connectivity index (χ2n) is 6.68. The highest BCUT2D eigenvalue weighted by molar-refractivity contribution is 6.06. The molecule has 134 valence electrons.